The number of aromatic nitrogens is 2. The summed E-state index contributed by atoms with van der Waals surface area (Å²) in [7, 11) is 1.79. The van der Waals surface area contributed by atoms with Gasteiger partial charge in [0.25, 0.3) is 0 Å². The molecule has 138 valence electrons. The van der Waals surface area contributed by atoms with Gasteiger partial charge in [0.15, 0.2) is 0 Å². The first-order chi connectivity index (χ1) is 12.6. The van der Waals surface area contributed by atoms with Crippen LogP contribution in [0.4, 0.5) is 5.82 Å². The molecule has 1 fully saturated rings. The number of benzene rings is 1. The Morgan fingerprint density at radius 1 is 1.38 bits per heavy atom. The predicted molar refractivity (Wildman–Crippen MR) is 101 cm³/mol. The fraction of sp³-hybridized carbons (Fsp3) is 0.421. The monoisotopic (exact) mass is 374 g/mol. The molecule has 0 bridgehead atoms. The number of nitrogens with one attached hydrogen (secondary N) is 1. The van der Waals surface area contributed by atoms with Crippen LogP contribution in [-0.2, 0) is 16.0 Å². The molecule has 6 nitrogen and oxygen atoms in total. The molecular weight excluding hydrogens is 352 g/mol. The Labute approximate surface area is 158 Å². The molecule has 0 aliphatic carbocycles. The van der Waals surface area contributed by atoms with E-state index in [1.54, 1.807) is 24.3 Å². The van der Waals surface area contributed by atoms with E-state index in [0.717, 1.165) is 36.7 Å². The van der Waals surface area contributed by atoms with Crippen LogP contribution in [0.3, 0.4) is 0 Å². The Bertz CT molecular complexity index is 750. The summed E-state index contributed by atoms with van der Waals surface area (Å²) in [5.74, 6) is 1.15. The van der Waals surface area contributed by atoms with E-state index in [0.29, 0.717) is 30.5 Å². The number of hydrogen-bond acceptors (Lipinski definition) is 5. The van der Waals surface area contributed by atoms with Crippen molar-refractivity contribution in [3.63, 3.8) is 0 Å². The number of nitrogens with zero attached hydrogens (tertiary/aromatic N) is 3. The van der Waals surface area contributed by atoms with Crippen LogP contribution in [0, 0.1) is 0 Å². The lowest BCUT2D eigenvalue weighted by Crippen LogP contribution is -2.32. The molecule has 26 heavy (non-hydrogen) atoms. The molecule has 7 heteroatoms. The second-order valence-electron chi connectivity index (χ2n) is 6.40. The molecule has 1 aliphatic rings. The molecule has 2 heterocycles. The lowest BCUT2D eigenvalue weighted by molar-refractivity contribution is -0.129. The van der Waals surface area contributed by atoms with E-state index in [4.69, 9.17) is 16.3 Å². The molecule has 0 radical (unpaired) electrons. The summed E-state index contributed by atoms with van der Waals surface area (Å²) in [6.45, 7) is 2.70. The van der Waals surface area contributed by atoms with Crippen LogP contribution in [-0.4, -0.2) is 54.1 Å². The maximum atomic E-state index is 12.3. The molecule has 3 rings (SSSR count). The molecule has 1 saturated heterocycles. The summed E-state index contributed by atoms with van der Waals surface area (Å²) < 4.78 is 5.41. The topological polar surface area (TPSA) is 67.3 Å². The minimum Gasteiger partial charge on any atom is -0.381 e. The van der Waals surface area contributed by atoms with Gasteiger partial charge in [-0.05, 0) is 18.1 Å². The van der Waals surface area contributed by atoms with Crippen molar-refractivity contribution in [1.82, 2.24) is 14.9 Å². The fourth-order valence-electron chi connectivity index (χ4n) is 2.88. The van der Waals surface area contributed by atoms with Crippen molar-refractivity contribution in [3.05, 3.63) is 52.9 Å². The average Bonchev–Trinajstić information content (AvgIpc) is 3.18. The zero-order valence-electron chi connectivity index (χ0n) is 14.8. The van der Waals surface area contributed by atoms with Crippen molar-refractivity contribution in [2.24, 2.45) is 0 Å². The molecule has 1 aromatic heterocycles. The van der Waals surface area contributed by atoms with Crippen molar-refractivity contribution >= 4 is 23.3 Å². The second kappa shape index (κ2) is 8.96. The van der Waals surface area contributed by atoms with E-state index in [-0.39, 0.29) is 5.91 Å². The van der Waals surface area contributed by atoms with Gasteiger partial charge in [0.2, 0.25) is 5.91 Å². The van der Waals surface area contributed by atoms with E-state index in [9.17, 15) is 4.79 Å². The molecular formula is C19H23ClN4O2. The lowest BCUT2D eigenvalue weighted by Gasteiger charge is -2.18. The summed E-state index contributed by atoms with van der Waals surface area (Å²) in [5, 5.41) is 3.88. The summed E-state index contributed by atoms with van der Waals surface area (Å²) >= 11 is 6.12. The van der Waals surface area contributed by atoms with E-state index in [1.807, 2.05) is 24.3 Å². The largest absolute Gasteiger partial charge is 0.381 e. The van der Waals surface area contributed by atoms with Crippen molar-refractivity contribution in [3.8, 4) is 0 Å². The number of hydrogen-bond donors (Lipinski definition) is 1. The van der Waals surface area contributed by atoms with Gasteiger partial charge in [-0.2, -0.15) is 0 Å². The maximum absolute atomic E-state index is 12.3. The van der Waals surface area contributed by atoms with Gasteiger partial charge in [0.05, 0.1) is 18.7 Å². The highest BCUT2D eigenvalue weighted by molar-refractivity contribution is 6.31. The van der Waals surface area contributed by atoms with Gasteiger partial charge in [-0.1, -0.05) is 29.8 Å². The summed E-state index contributed by atoms with van der Waals surface area (Å²) in [4.78, 5) is 22.6. The Morgan fingerprint density at radius 3 is 3.00 bits per heavy atom. The van der Waals surface area contributed by atoms with Crippen LogP contribution < -0.4 is 5.32 Å². The second-order valence-corrected chi connectivity index (χ2v) is 6.81. The van der Waals surface area contributed by atoms with Crippen LogP contribution in [0.25, 0.3) is 0 Å². The highest BCUT2D eigenvalue weighted by Gasteiger charge is 2.19. The van der Waals surface area contributed by atoms with E-state index in [1.165, 1.54) is 0 Å². The van der Waals surface area contributed by atoms with E-state index >= 15 is 0 Å². The normalized spacial score (nSPS) is 16.5. The molecule has 0 unspecified atom stereocenters. The zero-order valence-corrected chi connectivity index (χ0v) is 15.6. The van der Waals surface area contributed by atoms with Crippen LogP contribution in [0.15, 0.2) is 36.7 Å². The SMILES string of the molecule is CN(CCNc1cc([C@@H]2CCOC2)ncn1)C(=O)Cc1ccccc1Cl. The molecule has 1 amide bonds. The third-order valence-electron chi connectivity index (χ3n) is 4.51. The average molecular weight is 375 g/mol. The van der Waals surface area contributed by atoms with Crippen molar-refractivity contribution in [2.75, 3.05) is 38.7 Å². The number of ether oxygens (including phenoxy) is 1. The van der Waals surface area contributed by atoms with Crippen LogP contribution >= 0.6 is 11.6 Å². The van der Waals surface area contributed by atoms with Gasteiger partial charge >= 0.3 is 0 Å². The molecule has 1 aliphatic heterocycles. The predicted octanol–water partition coefficient (Wildman–Crippen LogP) is 2.75. The Kier molecular flexibility index (Phi) is 6.41. The minimum absolute atomic E-state index is 0.0337. The molecule has 1 N–H and O–H groups in total. The molecule has 1 aromatic carbocycles. The first-order valence-electron chi connectivity index (χ1n) is 8.74. The maximum Gasteiger partial charge on any atom is 0.226 e. The van der Waals surface area contributed by atoms with Gasteiger partial charge in [0, 0.05) is 43.8 Å². The number of carbonyl (C=O) groups is 1. The van der Waals surface area contributed by atoms with E-state index < -0.39 is 0 Å². The highest BCUT2D eigenvalue weighted by atomic mass is 35.5. The van der Waals surface area contributed by atoms with E-state index in [2.05, 4.69) is 15.3 Å². The van der Waals surface area contributed by atoms with Crippen LogP contribution in [0.1, 0.15) is 23.6 Å². The first-order valence-corrected chi connectivity index (χ1v) is 9.12. The van der Waals surface area contributed by atoms with Crippen molar-refractivity contribution < 1.29 is 9.53 Å². The number of rotatable bonds is 7. The van der Waals surface area contributed by atoms with Gasteiger partial charge in [-0.25, -0.2) is 9.97 Å². The van der Waals surface area contributed by atoms with Crippen molar-refractivity contribution in [2.45, 2.75) is 18.8 Å². The number of anilines is 1. The van der Waals surface area contributed by atoms with Gasteiger partial charge in [-0.15, -0.1) is 0 Å². The zero-order chi connectivity index (χ0) is 18.4. The summed E-state index contributed by atoms with van der Waals surface area (Å²) in [5.41, 5.74) is 1.85. The number of halogens is 1. The number of amides is 1. The summed E-state index contributed by atoms with van der Waals surface area (Å²) in [6.07, 6.45) is 2.87. The summed E-state index contributed by atoms with van der Waals surface area (Å²) in [6, 6.07) is 9.38. The Hall–Kier alpha value is -2.18. The molecule has 2 aromatic rings. The third-order valence-corrected chi connectivity index (χ3v) is 4.88. The smallest absolute Gasteiger partial charge is 0.226 e. The molecule has 0 saturated carbocycles. The molecule has 0 spiro atoms. The number of likely N-dealkylation sites (N-methyl/N-ethyl adjacent to an activating group) is 1. The third kappa shape index (κ3) is 4.93. The van der Waals surface area contributed by atoms with Crippen molar-refractivity contribution in [1.29, 1.82) is 0 Å². The Balaban J connectivity index is 1.47. The van der Waals surface area contributed by atoms with Gasteiger partial charge < -0.3 is 15.0 Å². The fourth-order valence-corrected chi connectivity index (χ4v) is 3.08. The first kappa shape index (κ1) is 18.6. The standard InChI is InChI=1S/C19H23ClN4O2/c1-24(19(25)10-14-4-2-3-5-16(14)20)8-7-21-18-11-17(22-13-23-18)15-6-9-26-12-15/h2-5,11,13,15H,6-10,12H2,1H3,(H,21,22,23)/t15-/m1/s1. The van der Waals surface area contributed by atoms with Gasteiger partial charge in [0.1, 0.15) is 12.1 Å². The Morgan fingerprint density at radius 2 is 2.23 bits per heavy atom. The van der Waals surface area contributed by atoms with Gasteiger partial charge in [-0.3, -0.25) is 4.79 Å². The molecule has 1 atom stereocenters. The quantitative estimate of drug-likeness (QED) is 0.807. The van der Waals surface area contributed by atoms with Crippen LogP contribution in [0.5, 0.6) is 0 Å². The minimum atomic E-state index is 0.0337. The number of carbonyl (C=O) groups excluding carboxylic acids is 1. The lowest BCUT2D eigenvalue weighted by atomic mass is 10.1. The van der Waals surface area contributed by atoms with Crippen LogP contribution in [0.2, 0.25) is 5.02 Å². The highest BCUT2D eigenvalue weighted by Crippen LogP contribution is 2.24.